The molecule has 2 aromatic rings. The Kier molecular flexibility index (Phi) is 5.77. The monoisotopic (exact) mass is 280 g/mol. The smallest absolute Gasteiger partial charge is 0.169 e. The number of hydrogen-bond donors (Lipinski definition) is 0. The van der Waals surface area contributed by atoms with Gasteiger partial charge in [0.15, 0.2) is 12.4 Å². The first-order valence-electron chi connectivity index (χ1n) is 7.38. The van der Waals surface area contributed by atoms with E-state index in [1.165, 1.54) is 5.56 Å². The van der Waals surface area contributed by atoms with Crippen LogP contribution in [0.3, 0.4) is 0 Å². The summed E-state index contributed by atoms with van der Waals surface area (Å²) in [4.78, 5) is 0. The molecule has 0 aliphatic carbocycles. The molecule has 0 saturated heterocycles. The average Bonchev–Trinajstić information content (AvgIpc) is 2.54. The Morgan fingerprint density at radius 3 is 2.33 bits per heavy atom. The van der Waals surface area contributed by atoms with Crippen LogP contribution in [-0.4, -0.2) is 6.61 Å². The van der Waals surface area contributed by atoms with Gasteiger partial charge in [0.25, 0.3) is 0 Å². The van der Waals surface area contributed by atoms with Crippen LogP contribution in [0.2, 0.25) is 0 Å². The minimum Gasteiger partial charge on any atom is -0.494 e. The number of benzene rings is 1. The van der Waals surface area contributed by atoms with Gasteiger partial charge in [-0.2, -0.15) is 0 Å². The van der Waals surface area contributed by atoms with Crippen molar-refractivity contribution in [2.24, 2.45) is 0 Å². The van der Waals surface area contributed by atoms with Crippen LogP contribution >= 0.6 is 0 Å². The van der Waals surface area contributed by atoms with Crippen LogP contribution in [0.25, 0.3) is 12.2 Å². The SMILES string of the molecule is CCOC(/C=C\c1ccccc1)=C\c1cc[n+](CC)cc1. The number of pyridine rings is 1. The van der Waals surface area contributed by atoms with Gasteiger partial charge in [-0.25, -0.2) is 4.57 Å². The van der Waals surface area contributed by atoms with Gasteiger partial charge in [-0.05, 0) is 37.1 Å². The highest BCUT2D eigenvalue weighted by molar-refractivity contribution is 5.59. The number of hydrogen-bond acceptors (Lipinski definition) is 1. The van der Waals surface area contributed by atoms with Gasteiger partial charge < -0.3 is 4.74 Å². The van der Waals surface area contributed by atoms with E-state index in [0.717, 1.165) is 17.9 Å². The van der Waals surface area contributed by atoms with Crippen LogP contribution in [0.15, 0.2) is 66.7 Å². The molecule has 0 aliphatic heterocycles. The maximum atomic E-state index is 5.69. The van der Waals surface area contributed by atoms with E-state index in [0.29, 0.717) is 6.61 Å². The Morgan fingerprint density at radius 2 is 1.71 bits per heavy atom. The van der Waals surface area contributed by atoms with Gasteiger partial charge in [-0.3, -0.25) is 0 Å². The Labute approximate surface area is 127 Å². The number of allylic oxidation sites excluding steroid dienone is 1. The molecule has 1 heterocycles. The van der Waals surface area contributed by atoms with E-state index < -0.39 is 0 Å². The molecule has 0 unspecified atom stereocenters. The Balaban J connectivity index is 2.17. The summed E-state index contributed by atoms with van der Waals surface area (Å²) in [6.45, 7) is 5.77. The summed E-state index contributed by atoms with van der Waals surface area (Å²) in [5.74, 6) is 0.871. The Hall–Kier alpha value is -2.35. The van der Waals surface area contributed by atoms with Crippen molar-refractivity contribution in [3.05, 3.63) is 77.8 Å². The molecule has 0 bridgehead atoms. The zero-order chi connectivity index (χ0) is 14.9. The van der Waals surface area contributed by atoms with E-state index in [9.17, 15) is 0 Å². The van der Waals surface area contributed by atoms with Gasteiger partial charge >= 0.3 is 0 Å². The number of nitrogens with zero attached hydrogens (tertiary/aromatic N) is 1. The van der Waals surface area contributed by atoms with Crippen molar-refractivity contribution in [1.29, 1.82) is 0 Å². The quantitative estimate of drug-likeness (QED) is 0.441. The molecule has 0 fully saturated rings. The Bertz CT molecular complexity index is 597. The minimum atomic E-state index is 0.659. The van der Waals surface area contributed by atoms with Crippen molar-refractivity contribution in [3.8, 4) is 0 Å². The van der Waals surface area contributed by atoms with Crippen LogP contribution in [0, 0.1) is 0 Å². The molecule has 2 nitrogen and oxygen atoms in total. The lowest BCUT2D eigenvalue weighted by molar-refractivity contribution is -0.693. The Morgan fingerprint density at radius 1 is 1.00 bits per heavy atom. The third-order valence-electron chi connectivity index (χ3n) is 3.14. The summed E-state index contributed by atoms with van der Waals surface area (Å²) < 4.78 is 7.83. The second-order valence-electron chi connectivity index (χ2n) is 4.69. The lowest BCUT2D eigenvalue weighted by atomic mass is 10.2. The molecular formula is C19H22NO+. The van der Waals surface area contributed by atoms with Crippen molar-refractivity contribution < 1.29 is 9.30 Å². The largest absolute Gasteiger partial charge is 0.494 e. The lowest BCUT2D eigenvalue weighted by Crippen LogP contribution is -2.30. The van der Waals surface area contributed by atoms with Crippen molar-refractivity contribution in [3.63, 3.8) is 0 Å². The van der Waals surface area contributed by atoms with E-state index >= 15 is 0 Å². The van der Waals surface area contributed by atoms with Crippen molar-refractivity contribution >= 4 is 12.2 Å². The van der Waals surface area contributed by atoms with E-state index in [-0.39, 0.29) is 0 Å². The zero-order valence-corrected chi connectivity index (χ0v) is 12.7. The molecule has 0 radical (unpaired) electrons. The van der Waals surface area contributed by atoms with Crippen LogP contribution < -0.4 is 4.57 Å². The molecule has 0 atom stereocenters. The maximum Gasteiger partial charge on any atom is 0.169 e. The van der Waals surface area contributed by atoms with E-state index in [1.54, 1.807) is 0 Å². The van der Waals surface area contributed by atoms with Gasteiger partial charge in [0.2, 0.25) is 0 Å². The van der Waals surface area contributed by atoms with Crippen LogP contribution in [0.4, 0.5) is 0 Å². The van der Waals surface area contributed by atoms with Gasteiger partial charge in [0.1, 0.15) is 12.3 Å². The van der Waals surface area contributed by atoms with Crippen LogP contribution in [0.5, 0.6) is 0 Å². The molecule has 0 saturated carbocycles. The van der Waals surface area contributed by atoms with Crippen molar-refractivity contribution in [1.82, 2.24) is 0 Å². The second kappa shape index (κ2) is 8.05. The fraction of sp³-hybridized carbons (Fsp3) is 0.211. The standard InChI is InChI=1S/C19H22NO/c1-3-20-14-12-18(13-15-20)16-19(21-4-2)11-10-17-8-6-5-7-9-17/h5-16H,3-4H2,1-2H3/q+1/b11-10-,19-16-. The first-order valence-corrected chi connectivity index (χ1v) is 7.38. The summed E-state index contributed by atoms with van der Waals surface area (Å²) in [6.07, 6.45) is 10.3. The molecule has 2 heteroatoms. The van der Waals surface area contributed by atoms with Gasteiger partial charge in [-0.1, -0.05) is 36.4 Å². The molecule has 21 heavy (non-hydrogen) atoms. The summed E-state index contributed by atoms with van der Waals surface area (Å²) in [6, 6.07) is 14.4. The lowest BCUT2D eigenvalue weighted by Gasteiger charge is -2.04. The molecule has 1 aromatic carbocycles. The fourth-order valence-electron chi connectivity index (χ4n) is 1.99. The predicted molar refractivity (Wildman–Crippen MR) is 87.4 cm³/mol. The van der Waals surface area contributed by atoms with Gasteiger partial charge in [-0.15, -0.1) is 0 Å². The second-order valence-corrected chi connectivity index (χ2v) is 4.69. The summed E-state index contributed by atoms with van der Waals surface area (Å²) in [5.41, 5.74) is 2.31. The predicted octanol–water partition coefficient (Wildman–Crippen LogP) is 4.08. The summed E-state index contributed by atoms with van der Waals surface area (Å²) in [7, 11) is 0. The average molecular weight is 280 g/mol. The molecule has 0 N–H and O–H groups in total. The van der Waals surface area contributed by atoms with E-state index in [1.807, 2.05) is 31.2 Å². The van der Waals surface area contributed by atoms with Crippen molar-refractivity contribution in [2.75, 3.05) is 6.61 Å². The third-order valence-corrected chi connectivity index (χ3v) is 3.14. The topological polar surface area (TPSA) is 13.1 Å². The molecule has 0 spiro atoms. The van der Waals surface area contributed by atoms with Crippen LogP contribution in [0.1, 0.15) is 25.0 Å². The van der Waals surface area contributed by atoms with E-state index in [2.05, 4.69) is 60.3 Å². The highest BCUT2D eigenvalue weighted by Crippen LogP contribution is 2.11. The molecule has 108 valence electrons. The molecule has 0 aliphatic rings. The number of aryl methyl sites for hydroxylation is 1. The summed E-state index contributed by atoms with van der Waals surface area (Å²) >= 11 is 0. The third kappa shape index (κ3) is 4.92. The van der Waals surface area contributed by atoms with Gasteiger partial charge in [0.05, 0.1) is 6.61 Å². The maximum absolute atomic E-state index is 5.69. The zero-order valence-electron chi connectivity index (χ0n) is 12.7. The van der Waals surface area contributed by atoms with Gasteiger partial charge in [0, 0.05) is 12.1 Å². The van der Waals surface area contributed by atoms with Crippen molar-refractivity contribution in [2.45, 2.75) is 20.4 Å². The fourth-order valence-corrected chi connectivity index (χ4v) is 1.99. The molecule has 2 rings (SSSR count). The normalized spacial score (nSPS) is 11.8. The molecular weight excluding hydrogens is 258 g/mol. The minimum absolute atomic E-state index is 0.659. The molecule has 0 amide bonds. The van der Waals surface area contributed by atoms with E-state index in [4.69, 9.17) is 4.74 Å². The first kappa shape index (κ1) is 15.0. The number of ether oxygens (including phenoxy) is 1. The number of aromatic nitrogens is 1. The highest BCUT2D eigenvalue weighted by Gasteiger charge is 1.98. The summed E-state index contributed by atoms with van der Waals surface area (Å²) in [5, 5.41) is 0. The molecule has 1 aromatic heterocycles. The van der Waals surface area contributed by atoms with Crippen LogP contribution in [-0.2, 0) is 11.3 Å². The highest BCUT2D eigenvalue weighted by atomic mass is 16.5. The number of rotatable bonds is 6. The first-order chi connectivity index (χ1) is 10.3.